The van der Waals surface area contributed by atoms with Gasteiger partial charge in [0.15, 0.2) is 17.8 Å². The molecule has 0 bridgehead atoms. The van der Waals surface area contributed by atoms with Gasteiger partial charge < -0.3 is 24.3 Å². The van der Waals surface area contributed by atoms with Gasteiger partial charge in [0.1, 0.15) is 0 Å². The van der Waals surface area contributed by atoms with Gasteiger partial charge in [-0.25, -0.2) is 0 Å². The smallest absolute Gasteiger partial charge is 0.231 e. The first kappa shape index (κ1) is 13.7. The molecule has 1 N–H and O–H groups in total. The summed E-state index contributed by atoms with van der Waals surface area (Å²) in [5.41, 5.74) is 1.12. The van der Waals surface area contributed by atoms with E-state index < -0.39 is 0 Å². The Bertz CT molecular complexity index is 432. The van der Waals surface area contributed by atoms with Gasteiger partial charge in [0, 0.05) is 25.3 Å². The molecule has 0 aliphatic carbocycles. The minimum atomic E-state index is -0.0109. The summed E-state index contributed by atoms with van der Waals surface area (Å²) in [5, 5.41) is 3.35. The van der Waals surface area contributed by atoms with E-state index in [4.69, 9.17) is 18.9 Å². The fraction of sp³-hybridized carbons (Fsp3) is 0.600. The zero-order chi connectivity index (χ0) is 13.6. The largest absolute Gasteiger partial charge is 0.454 e. The van der Waals surface area contributed by atoms with Crippen molar-refractivity contribution in [2.45, 2.75) is 32.1 Å². The number of para-hydroxylation sites is 1. The summed E-state index contributed by atoms with van der Waals surface area (Å²) >= 11 is 0. The highest BCUT2D eigenvalue weighted by Crippen LogP contribution is 2.35. The molecular weight excluding hydrogens is 258 g/mol. The number of ether oxygens (including phenoxy) is 4. The van der Waals surface area contributed by atoms with Gasteiger partial charge in [0.25, 0.3) is 0 Å². The molecule has 0 saturated carbocycles. The zero-order valence-corrected chi connectivity index (χ0v) is 11.6. The van der Waals surface area contributed by atoms with Crippen LogP contribution in [0.4, 0.5) is 0 Å². The molecule has 20 heavy (non-hydrogen) atoms. The fourth-order valence-corrected chi connectivity index (χ4v) is 2.46. The average molecular weight is 279 g/mol. The van der Waals surface area contributed by atoms with Crippen LogP contribution in [0.15, 0.2) is 18.2 Å². The van der Waals surface area contributed by atoms with E-state index in [0.29, 0.717) is 13.4 Å². The molecule has 0 spiro atoms. The maximum Gasteiger partial charge on any atom is 0.231 e. The van der Waals surface area contributed by atoms with Gasteiger partial charge in [0.05, 0.1) is 6.61 Å². The normalized spacial score (nSPS) is 21.1. The Morgan fingerprint density at radius 2 is 2.25 bits per heavy atom. The van der Waals surface area contributed by atoms with Crippen LogP contribution in [-0.2, 0) is 16.0 Å². The third kappa shape index (κ3) is 3.42. The minimum Gasteiger partial charge on any atom is -0.454 e. The van der Waals surface area contributed by atoms with Gasteiger partial charge >= 0.3 is 0 Å². The molecule has 1 aromatic carbocycles. The SMILES string of the molecule is c1cc(CNCCOC2CCCCO2)c2c(c1)OCO2. The number of hydrogen-bond acceptors (Lipinski definition) is 5. The summed E-state index contributed by atoms with van der Waals surface area (Å²) in [4.78, 5) is 0. The second-order valence-electron chi connectivity index (χ2n) is 4.99. The molecule has 1 fully saturated rings. The summed E-state index contributed by atoms with van der Waals surface area (Å²) < 4.78 is 22.0. The van der Waals surface area contributed by atoms with Crippen molar-refractivity contribution < 1.29 is 18.9 Å². The van der Waals surface area contributed by atoms with Crippen LogP contribution >= 0.6 is 0 Å². The van der Waals surface area contributed by atoms with Crippen molar-refractivity contribution in [2.24, 2.45) is 0 Å². The molecule has 1 unspecified atom stereocenters. The maximum absolute atomic E-state index is 5.67. The zero-order valence-electron chi connectivity index (χ0n) is 11.6. The molecule has 110 valence electrons. The second kappa shape index (κ2) is 6.92. The van der Waals surface area contributed by atoms with Crippen LogP contribution in [-0.4, -0.2) is 32.8 Å². The first-order valence-electron chi connectivity index (χ1n) is 7.25. The molecular formula is C15H21NO4. The van der Waals surface area contributed by atoms with Crippen LogP contribution in [0, 0.1) is 0 Å². The summed E-state index contributed by atoms with van der Waals surface area (Å²) in [5.74, 6) is 1.69. The van der Waals surface area contributed by atoms with Crippen LogP contribution < -0.4 is 14.8 Å². The van der Waals surface area contributed by atoms with Crippen LogP contribution in [0.3, 0.4) is 0 Å². The molecule has 1 aromatic rings. The Kier molecular flexibility index (Phi) is 4.73. The van der Waals surface area contributed by atoms with E-state index in [1.807, 2.05) is 18.2 Å². The number of rotatable bonds is 6. The van der Waals surface area contributed by atoms with E-state index >= 15 is 0 Å². The van der Waals surface area contributed by atoms with Crippen molar-refractivity contribution in [1.29, 1.82) is 0 Å². The lowest BCUT2D eigenvalue weighted by atomic mass is 10.2. The molecule has 1 atom stereocenters. The lowest BCUT2D eigenvalue weighted by Gasteiger charge is -2.22. The van der Waals surface area contributed by atoms with Crippen molar-refractivity contribution in [3.63, 3.8) is 0 Å². The van der Waals surface area contributed by atoms with Gasteiger partial charge in [-0.05, 0) is 25.3 Å². The van der Waals surface area contributed by atoms with Crippen LogP contribution in [0.5, 0.6) is 11.5 Å². The van der Waals surface area contributed by atoms with E-state index in [9.17, 15) is 0 Å². The molecule has 2 aliphatic heterocycles. The Balaban J connectivity index is 1.37. The molecule has 3 rings (SSSR count). The highest BCUT2D eigenvalue weighted by atomic mass is 16.7. The Morgan fingerprint density at radius 3 is 3.15 bits per heavy atom. The van der Waals surface area contributed by atoms with E-state index in [2.05, 4.69) is 5.32 Å². The van der Waals surface area contributed by atoms with E-state index in [1.54, 1.807) is 0 Å². The molecule has 5 heteroatoms. The maximum atomic E-state index is 5.67. The first-order valence-corrected chi connectivity index (χ1v) is 7.25. The Hall–Kier alpha value is -1.30. The number of fused-ring (bicyclic) bond motifs is 1. The van der Waals surface area contributed by atoms with E-state index in [-0.39, 0.29) is 6.29 Å². The minimum absolute atomic E-state index is 0.0109. The lowest BCUT2D eigenvalue weighted by Crippen LogP contribution is -2.27. The van der Waals surface area contributed by atoms with Gasteiger partial charge in [-0.2, -0.15) is 0 Å². The lowest BCUT2D eigenvalue weighted by molar-refractivity contribution is -0.161. The molecule has 5 nitrogen and oxygen atoms in total. The number of nitrogens with one attached hydrogen (secondary N) is 1. The standard InChI is InChI=1S/C15H21NO4/c1-2-8-17-14(6-1)18-9-7-16-10-12-4-3-5-13-15(12)20-11-19-13/h3-5,14,16H,1-2,6-11H2. The first-order chi connectivity index (χ1) is 9.93. The molecule has 0 aromatic heterocycles. The average Bonchev–Trinajstić information content (AvgIpc) is 2.97. The predicted molar refractivity (Wildman–Crippen MR) is 73.8 cm³/mol. The van der Waals surface area contributed by atoms with Gasteiger partial charge in [0.2, 0.25) is 6.79 Å². The predicted octanol–water partition coefficient (Wildman–Crippen LogP) is 2.05. The van der Waals surface area contributed by atoms with E-state index in [0.717, 1.165) is 49.6 Å². The summed E-state index contributed by atoms with van der Waals surface area (Å²) in [6, 6.07) is 5.96. The van der Waals surface area contributed by atoms with Crippen molar-refractivity contribution >= 4 is 0 Å². The van der Waals surface area contributed by atoms with Gasteiger partial charge in [-0.15, -0.1) is 0 Å². The molecule has 2 heterocycles. The van der Waals surface area contributed by atoms with Crippen molar-refractivity contribution in [1.82, 2.24) is 5.32 Å². The quantitative estimate of drug-likeness (QED) is 0.808. The topological polar surface area (TPSA) is 49.0 Å². The summed E-state index contributed by atoms with van der Waals surface area (Å²) in [6.07, 6.45) is 3.35. The van der Waals surface area contributed by atoms with Crippen LogP contribution in [0.2, 0.25) is 0 Å². The Morgan fingerprint density at radius 1 is 1.25 bits per heavy atom. The van der Waals surface area contributed by atoms with Crippen molar-refractivity contribution in [3.8, 4) is 11.5 Å². The number of benzene rings is 1. The van der Waals surface area contributed by atoms with Gasteiger partial charge in [-0.1, -0.05) is 12.1 Å². The third-order valence-corrected chi connectivity index (χ3v) is 3.51. The third-order valence-electron chi connectivity index (χ3n) is 3.51. The molecule has 1 saturated heterocycles. The molecule has 0 radical (unpaired) electrons. The van der Waals surface area contributed by atoms with Crippen LogP contribution in [0.25, 0.3) is 0 Å². The number of hydrogen-bond donors (Lipinski definition) is 1. The fourth-order valence-electron chi connectivity index (χ4n) is 2.46. The summed E-state index contributed by atoms with van der Waals surface area (Å²) in [7, 11) is 0. The second-order valence-corrected chi connectivity index (χ2v) is 4.99. The van der Waals surface area contributed by atoms with Crippen LogP contribution in [0.1, 0.15) is 24.8 Å². The summed E-state index contributed by atoms with van der Waals surface area (Å²) in [6.45, 7) is 3.35. The Labute approximate surface area is 119 Å². The molecule has 2 aliphatic rings. The highest BCUT2D eigenvalue weighted by molar-refractivity contribution is 5.48. The van der Waals surface area contributed by atoms with E-state index in [1.165, 1.54) is 6.42 Å². The van der Waals surface area contributed by atoms with Crippen molar-refractivity contribution in [3.05, 3.63) is 23.8 Å². The highest BCUT2D eigenvalue weighted by Gasteiger charge is 2.17. The van der Waals surface area contributed by atoms with Gasteiger partial charge in [-0.3, -0.25) is 0 Å². The monoisotopic (exact) mass is 279 g/mol. The molecule has 0 amide bonds. The van der Waals surface area contributed by atoms with Crippen molar-refractivity contribution in [2.75, 3.05) is 26.6 Å².